The highest BCUT2D eigenvalue weighted by Gasteiger charge is 2.64. The average molecular weight is 325 g/mol. The van der Waals surface area contributed by atoms with Gasteiger partial charge >= 0.3 is 0 Å². The molecule has 0 bridgehead atoms. The molecular weight excluding hydrogens is 308 g/mol. The molecule has 2 aliphatic rings. The molecule has 102 valence electrons. The molecule has 3 atom stereocenters. The Labute approximate surface area is 120 Å². The van der Waals surface area contributed by atoms with E-state index in [1.165, 1.54) is 31.9 Å². The lowest BCUT2D eigenvalue weighted by Gasteiger charge is -2.15. The van der Waals surface area contributed by atoms with Crippen molar-refractivity contribution in [2.24, 2.45) is 22.4 Å². The van der Waals surface area contributed by atoms with Crippen molar-refractivity contribution in [3.05, 3.63) is 22.6 Å². The highest BCUT2D eigenvalue weighted by molar-refractivity contribution is 9.10. The topological polar surface area (TPSA) is 54.6 Å². The molecule has 3 rings (SSSR count). The third-order valence-corrected chi connectivity index (χ3v) is 5.00. The first-order chi connectivity index (χ1) is 9.11. The van der Waals surface area contributed by atoms with E-state index in [4.69, 9.17) is 4.42 Å². The van der Waals surface area contributed by atoms with Crippen molar-refractivity contribution in [1.82, 2.24) is 5.43 Å². The maximum absolute atomic E-state index is 12.1. The van der Waals surface area contributed by atoms with Crippen molar-refractivity contribution in [2.75, 3.05) is 0 Å². The predicted octanol–water partition coefficient (Wildman–Crippen LogP) is 3.32. The van der Waals surface area contributed by atoms with Crippen LogP contribution >= 0.6 is 15.9 Å². The highest BCUT2D eigenvalue weighted by Crippen LogP contribution is 2.66. The molecule has 19 heavy (non-hydrogen) atoms. The van der Waals surface area contributed by atoms with Crippen LogP contribution in [0.4, 0.5) is 0 Å². The Balaban J connectivity index is 1.56. The van der Waals surface area contributed by atoms with Crippen LogP contribution in [0.1, 0.15) is 38.4 Å². The van der Waals surface area contributed by atoms with Crippen LogP contribution in [-0.4, -0.2) is 12.1 Å². The maximum Gasteiger partial charge on any atom is 0.244 e. The van der Waals surface area contributed by atoms with Crippen LogP contribution in [0.3, 0.4) is 0 Å². The summed E-state index contributed by atoms with van der Waals surface area (Å²) in [6.07, 6.45) is 6.39. The Hall–Kier alpha value is -1.10. The molecule has 2 aliphatic carbocycles. The van der Waals surface area contributed by atoms with Crippen LogP contribution in [0.25, 0.3) is 0 Å². The monoisotopic (exact) mass is 324 g/mol. The molecule has 5 heteroatoms. The first-order valence-electron chi connectivity index (χ1n) is 6.69. The fraction of sp³-hybridized carbons (Fsp3) is 0.571. The number of carbonyl (C=O) groups is 1. The van der Waals surface area contributed by atoms with Gasteiger partial charge in [-0.25, -0.2) is 5.43 Å². The number of fused-ring (bicyclic) bond motifs is 1. The molecular formula is C14H17BrN2O2. The molecule has 2 saturated carbocycles. The van der Waals surface area contributed by atoms with E-state index in [1.54, 1.807) is 12.1 Å². The minimum atomic E-state index is 0.0521. The zero-order valence-electron chi connectivity index (χ0n) is 10.9. The summed E-state index contributed by atoms with van der Waals surface area (Å²) in [6, 6.07) is 3.58. The quantitative estimate of drug-likeness (QED) is 0.685. The second-order valence-electron chi connectivity index (χ2n) is 5.71. The molecule has 1 heterocycles. The molecule has 0 saturated heterocycles. The van der Waals surface area contributed by atoms with Crippen molar-refractivity contribution in [1.29, 1.82) is 0 Å². The van der Waals surface area contributed by atoms with E-state index in [9.17, 15) is 4.79 Å². The predicted molar refractivity (Wildman–Crippen MR) is 75.7 cm³/mol. The van der Waals surface area contributed by atoms with Gasteiger partial charge in [-0.2, -0.15) is 5.10 Å². The fourth-order valence-corrected chi connectivity index (χ4v) is 3.80. The van der Waals surface area contributed by atoms with Crippen molar-refractivity contribution in [3.8, 4) is 0 Å². The number of amides is 1. The molecule has 0 aromatic carbocycles. The summed E-state index contributed by atoms with van der Waals surface area (Å²) in [4.78, 5) is 12.1. The highest BCUT2D eigenvalue weighted by atomic mass is 79.9. The summed E-state index contributed by atoms with van der Waals surface area (Å²) >= 11 is 3.22. The van der Waals surface area contributed by atoms with E-state index >= 15 is 0 Å². The molecule has 1 aromatic heterocycles. The van der Waals surface area contributed by atoms with Crippen molar-refractivity contribution < 1.29 is 9.21 Å². The number of hydrogen-bond donors (Lipinski definition) is 1. The molecule has 2 fully saturated rings. The van der Waals surface area contributed by atoms with Crippen LogP contribution in [0, 0.1) is 17.3 Å². The van der Waals surface area contributed by atoms with Crippen LogP contribution in [-0.2, 0) is 4.79 Å². The first kappa shape index (κ1) is 12.9. The summed E-state index contributed by atoms with van der Waals surface area (Å²) in [7, 11) is 0. The number of rotatable bonds is 3. The van der Waals surface area contributed by atoms with E-state index in [2.05, 4.69) is 33.4 Å². The Morgan fingerprint density at radius 3 is 3.05 bits per heavy atom. The summed E-state index contributed by atoms with van der Waals surface area (Å²) in [5.41, 5.74) is 2.87. The van der Waals surface area contributed by atoms with Gasteiger partial charge in [-0.3, -0.25) is 4.79 Å². The molecule has 1 aromatic rings. The molecule has 0 spiro atoms. The minimum absolute atomic E-state index is 0.0521. The third-order valence-electron chi connectivity index (χ3n) is 4.57. The number of carbonyl (C=O) groups excluding carboxylic acids is 1. The van der Waals surface area contributed by atoms with Gasteiger partial charge in [0.2, 0.25) is 5.91 Å². The Kier molecular flexibility index (Phi) is 3.25. The zero-order valence-corrected chi connectivity index (χ0v) is 12.4. The summed E-state index contributed by atoms with van der Waals surface area (Å²) in [5.74, 6) is 1.38. The largest absolute Gasteiger partial charge is 0.448 e. The first-order valence-corrected chi connectivity index (χ1v) is 7.49. The average Bonchev–Trinajstić information content (AvgIpc) is 2.81. The number of furan rings is 1. The van der Waals surface area contributed by atoms with Gasteiger partial charge in [0.15, 0.2) is 4.67 Å². The smallest absolute Gasteiger partial charge is 0.244 e. The summed E-state index contributed by atoms with van der Waals surface area (Å²) in [5, 5.41) is 3.97. The molecule has 0 radical (unpaired) electrons. The van der Waals surface area contributed by atoms with E-state index in [0.717, 1.165) is 0 Å². The van der Waals surface area contributed by atoms with E-state index in [-0.39, 0.29) is 17.2 Å². The second kappa shape index (κ2) is 4.78. The van der Waals surface area contributed by atoms with Gasteiger partial charge in [0.25, 0.3) is 0 Å². The van der Waals surface area contributed by atoms with Crippen LogP contribution < -0.4 is 5.43 Å². The lowest BCUT2D eigenvalue weighted by atomic mass is 9.90. The Morgan fingerprint density at radius 1 is 1.58 bits per heavy atom. The number of nitrogens with one attached hydrogen (secondary N) is 1. The van der Waals surface area contributed by atoms with Gasteiger partial charge in [0.1, 0.15) is 5.76 Å². The molecule has 1 amide bonds. The van der Waals surface area contributed by atoms with E-state index in [1.807, 2.05) is 0 Å². The fourth-order valence-electron chi connectivity index (χ4n) is 3.48. The van der Waals surface area contributed by atoms with E-state index < -0.39 is 0 Å². The van der Waals surface area contributed by atoms with Gasteiger partial charge in [-0.05, 0) is 52.2 Å². The van der Waals surface area contributed by atoms with Crippen LogP contribution in [0.5, 0.6) is 0 Å². The molecule has 0 unspecified atom stereocenters. The summed E-state index contributed by atoms with van der Waals surface area (Å²) < 4.78 is 5.93. The van der Waals surface area contributed by atoms with Crippen molar-refractivity contribution in [3.63, 3.8) is 0 Å². The third kappa shape index (κ3) is 2.36. The van der Waals surface area contributed by atoms with Gasteiger partial charge < -0.3 is 4.42 Å². The van der Waals surface area contributed by atoms with Gasteiger partial charge in [0.05, 0.1) is 6.21 Å². The number of halogens is 1. The lowest BCUT2D eigenvalue weighted by molar-refractivity contribution is -0.123. The lowest BCUT2D eigenvalue weighted by Crippen LogP contribution is -2.22. The number of hydrogen-bond acceptors (Lipinski definition) is 3. The van der Waals surface area contributed by atoms with Crippen molar-refractivity contribution >= 4 is 28.1 Å². The van der Waals surface area contributed by atoms with Gasteiger partial charge in [-0.1, -0.05) is 19.8 Å². The Morgan fingerprint density at radius 2 is 2.42 bits per heavy atom. The number of nitrogens with zero attached hydrogens (tertiary/aromatic N) is 1. The van der Waals surface area contributed by atoms with Gasteiger partial charge in [-0.15, -0.1) is 0 Å². The standard InChI is InChI=1S/C14H17BrN2O2/c1-14-7-3-2-4-10(14)12(14)13(18)17-16-8-9-5-6-11(15)19-9/h5-6,8,10,12H,2-4,7H2,1H3,(H,17,18)/b16-8-/t10-,12+,14+/m1/s1. The Bertz CT molecular complexity index is 525. The maximum atomic E-state index is 12.1. The normalized spacial score (nSPS) is 33.2. The number of hydrazone groups is 1. The van der Waals surface area contributed by atoms with Crippen LogP contribution in [0.2, 0.25) is 0 Å². The molecule has 4 nitrogen and oxygen atoms in total. The zero-order chi connectivity index (χ0) is 13.5. The second-order valence-corrected chi connectivity index (χ2v) is 6.49. The van der Waals surface area contributed by atoms with Gasteiger partial charge in [0, 0.05) is 5.92 Å². The summed E-state index contributed by atoms with van der Waals surface area (Å²) in [6.45, 7) is 2.23. The molecule has 0 aliphatic heterocycles. The van der Waals surface area contributed by atoms with E-state index in [0.29, 0.717) is 16.3 Å². The minimum Gasteiger partial charge on any atom is -0.448 e. The van der Waals surface area contributed by atoms with Crippen molar-refractivity contribution in [2.45, 2.75) is 32.6 Å². The SMILES string of the molecule is C[C@]12CCCC[C@@H]1[C@H]2C(=O)N/N=C\c1ccc(Br)o1. The molecule has 1 N–H and O–H groups in total. The van der Waals surface area contributed by atoms with Crippen LogP contribution in [0.15, 0.2) is 26.3 Å².